The van der Waals surface area contributed by atoms with E-state index < -0.39 is 0 Å². The van der Waals surface area contributed by atoms with Crippen LogP contribution in [0, 0.1) is 13.8 Å². The Bertz CT molecular complexity index is 537. The van der Waals surface area contributed by atoms with Gasteiger partial charge in [-0.25, -0.2) is 4.68 Å². The summed E-state index contributed by atoms with van der Waals surface area (Å²) < 4.78 is 1.75. The van der Waals surface area contributed by atoms with E-state index in [1.165, 1.54) is 5.56 Å². The van der Waals surface area contributed by atoms with Gasteiger partial charge in [0, 0.05) is 11.8 Å². The zero-order valence-electron chi connectivity index (χ0n) is 10.2. The molecule has 2 aromatic heterocycles. The zero-order chi connectivity index (χ0) is 12.6. The van der Waals surface area contributed by atoms with Gasteiger partial charge in [0.25, 0.3) is 0 Å². The topological polar surface area (TPSA) is 95.6 Å². The maximum atomic E-state index is 5.65. The average Bonchev–Trinajstić information content (AvgIpc) is 2.52. The molecular formula is C11H16N6. The van der Waals surface area contributed by atoms with Crippen molar-refractivity contribution >= 4 is 11.8 Å². The second-order valence-electron chi connectivity index (χ2n) is 3.92. The van der Waals surface area contributed by atoms with Crippen LogP contribution in [0.1, 0.15) is 23.9 Å². The van der Waals surface area contributed by atoms with E-state index in [-0.39, 0.29) is 5.95 Å². The molecule has 6 heteroatoms. The maximum Gasteiger partial charge on any atom is 0.224 e. The Morgan fingerprint density at radius 2 is 1.94 bits per heavy atom. The molecule has 4 N–H and O–H groups in total. The monoisotopic (exact) mass is 232 g/mol. The van der Waals surface area contributed by atoms with Crippen LogP contribution in [-0.2, 0) is 6.42 Å². The Kier molecular flexibility index (Phi) is 2.71. The number of hydrogen-bond acceptors (Lipinski definition) is 5. The summed E-state index contributed by atoms with van der Waals surface area (Å²) in [5.41, 5.74) is 14.5. The van der Waals surface area contributed by atoms with Crippen LogP contribution in [-0.4, -0.2) is 19.7 Å². The van der Waals surface area contributed by atoms with Gasteiger partial charge in [0.1, 0.15) is 5.82 Å². The predicted octanol–water partition coefficient (Wildman–Crippen LogP) is 1.01. The Morgan fingerprint density at radius 1 is 1.24 bits per heavy atom. The van der Waals surface area contributed by atoms with Gasteiger partial charge in [-0.2, -0.15) is 15.1 Å². The van der Waals surface area contributed by atoms with Crippen LogP contribution in [0.15, 0.2) is 6.07 Å². The van der Waals surface area contributed by atoms with E-state index in [1.807, 2.05) is 13.8 Å². The molecule has 0 radical (unpaired) electrons. The van der Waals surface area contributed by atoms with Gasteiger partial charge in [0.15, 0.2) is 5.82 Å². The van der Waals surface area contributed by atoms with E-state index in [2.05, 4.69) is 22.0 Å². The molecule has 0 atom stereocenters. The highest BCUT2D eigenvalue weighted by molar-refractivity contribution is 5.43. The molecule has 90 valence electrons. The standard InChI is InChI=1S/C11H16N6/c1-4-8-6(2)16-17(7(8)3)10-5-9(12)14-11(13)15-10/h5H,4H2,1-3H3,(H4,12,13,14,15). The van der Waals surface area contributed by atoms with Crippen LogP contribution in [0.5, 0.6) is 0 Å². The molecule has 0 aliphatic rings. The highest BCUT2D eigenvalue weighted by atomic mass is 15.3. The number of hydrogen-bond donors (Lipinski definition) is 2. The van der Waals surface area contributed by atoms with Crippen molar-refractivity contribution in [2.75, 3.05) is 11.5 Å². The third kappa shape index (κ3) is 1.93. The Labute approximate surface area is 99.7 Å². The van der Waals surface area contributed by atoms with Gasteiger partial charge in [0.2, 0.25) is 5.95 Å². The lowest BCUT2D eigenvalue weighted by Crippen LogP contribution is -2.07. The van der Waals surface area contributed by atoms with Crippen molar-refractivity contribution in [1.82, 2.24) is 19.7 Å². The molecule has 0 fully saturated rings. The summed E-state index contributed by atoms with van der Waals surface area (Å²) in [7, 11) is 0. The lowest BCUT2D eigenvalue weighted by molar-refractivity contribution is 0.803. The lowest BCUT2D eigenvalue weighted by Gasteiger charge is -2.05. The molecule has 6 nitrogen and oxygen atoms in total. The SMILES string of the molecule is CCc1c(C)nn(-c2cc(N)nc(N)n2)c1C. The smallest absolute Gasteiger partial charge is 0.224 e. The van der Waals surface area contributed by atoms with Crippen LogP contribution in [0.25, 0.3) is 5.82 Å². The summed E-state index contributed by atoms with van der Waals surface area (Å²) in [6.45, 7) is 6.09. The molecule has 2 heterocycles. The summed E-state index contributed by atoms with van der Waals surface area (Å²) in [4.78, 5) is 7.98. The molecule has 0 bridgehead atoms. The fraction of sp³-hybridized carbons (Fsp3) is 0.364. The first-order chi connectivity index (χ1) is 8.02. The van der Waals surface area contributed by atoms with Crippen LogP contribution in [0.2, 0.25) is 0 Å². The van der Waals surface area contributed by atoms with Gasteiger partial charge in [-0.05, 0) is 25.8 Å². The average molecular weight is 232 g/mol. The van der Waals surface area contributed by atoms with E-state index in [1.54, 1.807) is 10.7 Å². The number of nitrogens with zero attached hydrogens (tertiary/aromatic N) is 4. The summed E-state index contributed by atoms with van der Waals surface area (Å²) in [5, 5.41) is 4.45. The number of nitrogens with two attached hydrogens (primary N) is 2. The predicted molar refractivity (Wildman–Crippen MR) is 66.8 cm³/mol. The number of nitrogen functional groups attached to an aromatic ring is 2. The van der Waals surface area contributed by atoms with Gasteiger partial charge in [-0.15, -0.1) is 0 Å². The molecule has 0 saturated heterocycles. The number of rotatable bonds is 2. The zero-order valence-corrected chi connectivity index (χ0v) is 10.2. The minimum absolute atomic E-state index is 0.158. The van der Waals surface area contributed by atoms with Gasteiger partial charge < -0.3 is 11.5 Å². The Hall–Kier alpha value is -2.11. The second-order valence-corrected chi connectivity index (χ2v) is 3.92. The summed E-state index contributed by atoms with van der Waals surface area (Å²) in [6.07, 6.45) is 0.938. The van der Waals surface area contributed by atoms with E-state index >= 15 is 0 Å². The molecule has 0 amide bonds. The summed E-state index contributed by atoms with van der Waals surface area (Å²) in [6, 6.07) is 1.66. The third-order valence-electron chi connectivity index (χ3n) is 2.76. The largest absolute Gasteiger partial charge is 0.383 e. The van der Waals surface area contributed by atoms with Crippen molar-refractivity contribution in [3.63, 3.8) is 0 Å². The molecular weight excluding hydrogens is 216 g/mol. The molecule has 0 aliphatic heterocycles. The molecule has 2 aromatic rings. The van der Waals surface area contributed by atoms with Crippen molar-refractivity contribution in [3.05, 3.63) is 23.0 Å². The first-order valence-electron chi connectivity index (χ1n) is 5.48. The quantitative estimate of drug-likeness (QED) is 0.805. The molecule has 0 saturated carbocycles. The van der Waals surface area contributed by atoms with Crippen molar-refractivity contribution in [2.45, 2.75) is 27.2 Å². The summed E-state index contributed by atoms with van der Waals surface area (Å²) >= 11 is 0. The lowest BCUT2D eigenvalue weighted by atomic mass is 10.1. The van der Waals surface area contributed by atoms with Crippen molar-refractivity contribution < 1.29 is 0 Å². The van der Waals surface area contributed by atoms with Gasteiger partial charge >= 0.3 is 0 Å². The number of anilines is 2. The van der Waals surface area contributed by atoms with Gasteiger partial charge in [0.05, 0.1) is 5.69 Å². The summed E-state index contributed by atoms with van der Waals surface area (Å²) in [5.74, 6) is 1.11. The minimum Gasteiger partial charge on any atom is -0.383 e. The molecule has 0 unspecified atom stereocenters. The Morgan fingerprint density at radius 3 is 2.47 bits per heavy atom. The second kappa shape index (κ2) is 4.04. The number of aryl methyl sites for hydroxylation is 1. The minimum atomic E-state index is 0.158. The van der Waals surface area contributed by atoms with E-state index in [9.17, 15) is 0 Å². The van der Waals surface area contributed by atoms with Crippen molar-refractivity contribution in [2.24, 2.45) is 0 Å². The van der Waals surface area contributed by atoms with Crippen LogP contribution in [0.3, 0.4) is 0 Å². The van der Waals surface area contributed by atoms with E-state index in [0.29, 0.717) is 11.6 Å². The van der Waals surface area contributed by atoms with Crippen molar-refractivity contribution in [3.8, 4) is 5.82 Å². The molecule has 17 heavy (non-hydrogen) atoms. The fourth-order valence-electron chi connectivity index (χ4n) is 1.99. The third-order valence-corrected chi connectivity index (χ3v) is 2.76. The van der Waals surface area contributed by atoms with Crippen LogP contribution >= 0.6 is 0 Å². The maximum absolute atomic E-state index is 5.65. The number of aromatic nitrogens is 4. The molecule has 2 rings (SSSR count). The molecule has 0 spiro atoms. The Balaban J connectivity index is 2.60. The first kappa shape index (κ1) is 11.4. The van der Waals surface area contributed by atoms with Gasteiger partial charge in [-0.1, -0.05) is 6.92 Å². The van der Waals surface area contributed by atoms with E-state index in [0.717, 1.165) is 17.8 Å². The van der Waals surface area contributed by atoms with Crippen LogP contribution < -0.4 is 11.5 Å². The first-order valence-corrected chi connectivity index (χ1v) is 5.48. The van der Waals surface area contributed by atoms with E-state index in [4.69, 9.17) is 11.5 Å². The highest BCUT2D eigenvalue weighted by Gasteiger charge is 2.12. The molecule has 0 aromatic carbocycles. The van der Waals surface area contributed by atoms with Crippen molar-refractivity contribution in [1.29, 1.82) is 0 Å². The normalized spacial score (nSPS) is 10.8. The van der Waals surface area contributed by atoms with Gasteiger partial charge in [-0.3, -0.25) is 0 Å². The highest BCUT2D eigenvalue weighted by Crippen LogP contribution is 2.18. The van der Waals surface area contributed by atoms with Crippen LogP contribution in [0.4, 0.5) is 11.8 Å². The fourth-order valence-corrected chi connectivity index (χ4v) is 1.99. The molecule has 0 aliphatic carbocycles.